The van der Waals surface area contributed by atoms with E-state index in [1.54, 1.807) is 25.3 Å². The van der Waals surface area contributed by atoms with Gasteiger partial charge in [-0.05, 0) is 30.0 Å². The number of rotatable bonds is 5. The second kappa shape index (κ2) is 7.27. The van der Waals surface area contributed by atoms with E-state index in [4.69, 9.17) is 4.74 Å². The number of carbonyl (C=O) groups is 1. The van der Waals surface area contributed by atoms with E-state index in [-0.39, 0.29) is 17.9 Å². The number of aliphatic hydroxyl groups excluding tert-OH is 1. The van der Waals surface area contributed by atoms with E-state index in [9.17, 15) is 9.90 Å². The third-order valence-electron chi connectivity index (χ3n) is 3.48. The molecule has 1 aromatic carbocycles. The number of hydrogen-bond donors (Lipinski definition) is 2. The first-order valence-electron chi connectivity index (χ1n) is 7.02. The molecule has 0 fully saturated rings. The van der Waals surface area contributed by atoms with E-state index in [1.165, 1.54) is 0 Å². The van der Waals surface area contributed by atoms with Crippen LogP contribution in [0.4, 0.5) is 0 Å². The van der Waals surface area contributed by atoms with Gasteiger partial charge in [-0.25, -0.2) is 0 Å². The van der Waals surface area contributed by atoms with Gasteiger partial charge in [0, 0.05) is 12.6 Å². The van der Waals surface area contributed by atoms with Crippen molar-refractivity contribution < 1.29 is 14.6 Å². The number of benzene rings is 1. The summed E-state index contributed by atoms with van der Waals surface area (Å²) in [6, 6.07) is 7.18. The molecule has 0 aromatic heterocycles. The van der Waals surface area contributed by atoms with Crippen LogP contribution in [0.1, 0.15) is 39.4 Å². The maximum absolute atomic E-state index is 11.8. The quantitative estimate of drug-likeness (QED) is 0.820. The number of carbonyl (C=O) groups excluding carboxylic acids is 1. The van der Waals surface area contributed by atoms with E-state index in [1.807, 2.05) is 19.1 Å². The molecule has 1 amide bonds. The van der Waals surface area contributed by atoms with Crippen LogP contribution in [0, 0.1) is 5.41 Å². The minimum absolute atomic E-state index is 0.0389. The molecule has 0 heterocycles. The van der Waals surface area contributed by atoms with Gasteiger partial charge in [0.05, 0.1) is 13.2 Å². The summed E-state index contributed by atoms with van der Waals surface area (Å²) in [7, 11) is 1.58. The highest BCUT2D eigenvalue weighted by Gasteiger charge is 2.14. The average molecular weight is 291 g/mol. The molecule has 4 heteroatoms. The molecule has 4 nitrogen and oxygen atoms in total. The number of aliphatic hydroxyl groups is 1. The Hall–Kier alpha value is -1.81. The SMILES string of the molecule is COc1cccc(C(O)CNC(=O)/C=C(/C)C(C)(C)C)c1. The largest absolute Gasteiger partial charge is 0.497 e. The molecule has 1 aromatic rings. The number of hydrogen-bond acceptors (Lipinski definition) is 3. The zero-order valence-electron chi connectivity index (χ0n) is 13.4. The maximum atomic E-state index is 11.8. The van der Waals surface area contributed by atoms with Crippen LogP contribution in [-0.2, 0) is 4.79 Å². The van der Waals surface area contributed by atoms with Gasteiger partial charge in [0.15, 0.2) is 0 Å². The number of allylic oxidation sites excluding steroid dienone is 1. The first-order valence-corrected chi connectivity index (χ1v) is 7.02. The summed E-state index contributed by atoms with van der Waals surface area (Å²) in [4.78, 5) is 11.8. The lowest BCUT2D eigenvalue weighted by Crippen LogP contribution is -2.27. The molecule has 0 aliphatic heterocycles. The monoisotopic (exact) mass is 291 g/mol. The third kappa shape index (κ3) is 5.60. The summed E-state index contributed by atoms with van der Waals surface area (Å²) in [6.45, 7) is 8.25. The fourth-order valence-corrected chi connectivity index (χ4v) is 1.63. The summed E-state index contributed by atoms with van der Waals surface area (Å²) in [5.41, 5.74) is 1.67. The highest BCUT2D eigenvalue weighted by atomic mass is 16.5. The van der Waals surface area contributed by atoms with E-state index >= 15 is 0 Å². The average Bonchev–Trinajstić information content (AvgIpc) is 2.43. The Kier molecular flexibility index (Phi) is 5.97. The van der Waals surface area contributed by atoms with Crippen LogP contribution < -0.4 is 10.1 Å². The Balaban J connectivity index is 2.60. The van der Waals surface area contributed by atoms with Gasteiger partial charge >= 0.3 is 0 Å². The fourth-order valence-electron chi connectivity index (χ4n) is 1.63. The van der Waals surface area contributed by atoms with Crippen LogP contribution in [0.2, 0.25) is 0 Å². The Morgan fingerprint density at radius 2 is 2.10 bits per heavy atom. The molecule has 116 valence electrons. The van der Waals surface area contributed by atoms with Crippen molar-refractivity contribution in [3.8, 4) is 5.75 Å². The standard InChI is InChI=1S/C17H25NO3/c1-12(17(2,3)4)9-16(20)18-11-15(19)13-7-6-8-14(10-13)21-5/h6-10,15,19H,11H2,1-5H3,(H,18,20)/b12-9-. The van der Waals surface area contributed by atoms with Crippen LogP contribution in [0.15, 0.2) is 35.9 Å². The summed E-state index contributed by atoms with van der Waals surface area (Å²) in [5, 5.41) is 12.8. The zero-order valence-corrected chi connectivity index (χ0v) is 13.4. The molecular formula is C17H25NO3. The van der Waals surface area contributed by atoms with Crippen molar-refractivity contribution in [3.63, 3.8) is 0 Å². The van der Waals surface area contributed by atoms with Crippen LogP contribution in [-0.4, -0.2) is 24.7 Å². The Labute approximate surface area is 126 Å². The Morgan fingerprint density at radius 1 is 1.43 bits per heavy atom. The van der Waals surface area contributed by atoms with E-state index in [2.05, 4.69) is 26.1 Å². The summed E-state index contributed by atoms with van der Waals surface area (Å²) in [6.07, 6.45) is 0.825. The lowest BCUT2D eigenvalue weighted by atomic mass is 9.87. The fraction of sp³-hybridized carbons (Fsp3) is 0.471. The molecule has 21 heavy (non-hydrogen) atoms. The van der Waals surface area contributed by atoms with Gasteiger partial charge in [0.1, 0.15) is 5.75 Å². The summed E-state index contributed by atoms with van der Waals surface area (Å²) >= 11 is 0. The maximum Gasteiger partial charge on any atom is 0.244 e. The second-order valence-electron chi connectivity index (χ2n) is 6.11. The molecule has 0 saturated heterocycles. The van der Waals surface area contributed by atoms with Gasteiger partial charge in [-0.15, -0.1) is 0 Å². The van der Waals surface area contributed by atoms with Crippen LogP contribution in [0.5, 0.6) is 5.75 Å². The van der Waals surface area contributed by atoms with Gasteiger partial charge in [-0.2, -0.15) is 0 Å². The van der Waals surface area contributed by atoms with Crippen molar-refractivity contribution in [1.82, 2.24) is 5.32 Å². The van der Waals surface area contributed by atoms with Crippen LogP contribution in [0.3, 0.4) is 0 Å². The molecule has 1 rings (SSSR count). The predicted molar refractivity (Wildman–Crippen MR) is 84.2 cm³/mol. The number of amides is 1. The Bertz CT molecular complexity index is 515. The van der Waals surface area contributed by atoms with E-state index < -0.39 is 6.10 Å². The molecule has 0 bridgehead atoms. The molecule has 0 saturated carbocycles. The summed E-state index contributed by atoms with van der Waals surface area (Å²) < 4.78 is 5.11. The van der Waals surface area contributed by atoms with Crippen molar-refractivity contribution in [2.75, 3.05) is 13.7 Å². The molecule has 2 N–H and O–H groups in total. The molecule has 0 aliphatic rings. The molecular weight excluding hydrogens is 266 g/mol. The Morgan fingerprint density at radius 3 is 2.67 bits per heavy atom. The van der Waals surface area contributed by atoms with Crippen molar-refractivity contribution in [2.24, 2.45) is 5.41 Å². The second-order valence-corrected chi connectivity index (χ2v) is 6.11. The van der Waals surface area contributed by atoms with Gasteiger partial charge in [-0.1, -0.05) is 38.5 Å². The van der Waals surface area contributed by atoms with Gasteiger partial charge in [0.25, 0.3) is 0 Å². The van der Waals surface area contributed by atoms with Gasteiger partial charge in [-0.3, -0.25) is 4.79 Å². The lowest BCUT2D eigenvalue weighted by molar-refractivity contribution is -0.117. The van der Waals surface area contributed by atoms with E-state index in [0.29, 0.717) is 11.3 Å². The molecule has 0 radical (unpaired) electrons. The summed E-state index contributed by atoms with van der Waals surface area (Å²) in [5.74, 6) is 0.491. The van der Waals surface area contributed by atoms with Crippen LogP contribution in [0.25, 0.3) is 0 Å². The molecule has 1 unspecified atom stereocenters. The normalized spacial score (nSPS) is 13.7. The topological polar surface area (TPSA) is 58.6 Å². The predicted octanol–water partition coefficient (Wildman–Crippen LogP) is 2.84. The highest BCUT2D eigenvalue weighted by molar-refractivity contribution is 5.88. The lowest BCUT2D eigenvalue weighted by Gasteiger charge is -2.19. The van der Waals surface area contributed by atoms with Crippen molar-refractivity contribution in [3.05, 3.63) is 41.5 Å². The van der Waals surface area contributed by atoms with Crippen molar-refractivity contribution in [1.29, 1.82) is 0 Å². The number of methoxy groups -OCH3 is 1. The number of nitrogens with one attached hydrogen (secondary N) is 1. The number of ether oxygens (including phenoxy) is 1. The molecule has 0 aliphatic carbocycles. The minimum atomic E-state index is -0.757. The van der Waals surface area contributed by atoms with Crippen molar-refractivity contribution in [2.45, 2.75) is 33.8 Å². The highest BCUT2D eigenvalue weighted by Crippen LogP contribution is 2.24. The third-order valence-corrected chi connectivity index (χ3v) is 3.48. The smallest absolute Gasteiger partial charge is 0.244 e. The minimum Gasteiger partial charge on any atom is -0.497 e. The van der Waals surface area contributed by atoms with E-state index in [0.717, 1.165) is 5.57 Å². The van der Waals surface area contributed by atoms with Gasteiger partial charge < -0.3 is 15.2 Å². The van der Waals surface area contributed by atoms with Crippen LogP contribution >= 0.6 is 0 Å². The first kappa shape index (κ1) is 17.2. The molecule has 0 spiro atoms. The first-order chi connectivity index (χ1) is 9.74. The van der Waals surface area contributed by atoms with Gasteiger partial charge in [0.2, 0.25) is 5.91 Å². The molecule has 1 atom stereocenters. The zero-order chi connectivity index (χ0) is 16.0. The van der Waals surface area contributed by atoms with Crippen molar-refractivity contribution >= 4 is 5.91 Å².